The van der Waals surface area contributed by atoms with Crippen LogP contribution in [0.4, 0.5) is 20.2 Å². The molecule has 12 heteroatoms. The molecule has 0 atom stereocenters. The maximum Gasteiger partial charge on any atom is 0.238 e. The first kappa shape index (κ1) is 37.2. The van der Waals surface area contributed by atoms with Gasteiger partial charge in [-0.15, -0.1) is 37.2 Å². The predicted molar refractivity (Wildman–Crippen MR) is 173 cm³/mol. The molecule has 1 saturated heterocycles. The summed E-state index contributed by atoms with van der Waals surface area (Å²) < 4.78 is 26.9. The largest absolute Gasteiger partial charge is 0.399 e. The molecule has 0 bridgehead atoms. The number of nitrogens with two attached hydrogens (primary N) is 1. The minimum Gasteiger partial charge on any atom is -0.399 e. The Hall–Kier alpha value is -1.84. The molecule has 3 aromatic carbocycles. The average molecular weight is 671 g/mol. The van der Waals surface area contributed by atoms with E-state index in [0.717, 1.165) is 63.1 Å². The lowest BCUT2D eigenvalue weighted by molar-refractivity contribution is -0.117. The molecule has 1 fully saturated rings. The number of rotatable bonds is 10. The minimum absolute atomic E-state index is 0. The van der Waals surface area contributed by atoms with Gasteiger partial charge in [0.15, 0.2) is 0 Å². The molecule has 226 valence electrons. The number of nitrogens with one attached hydrogen (secondary N) is 1. The van der Waals surface area contributed by atoms with Gasteiger partial charge in [0.1, 0.15) is 11.6 Å². The number of nitrogen functional groups attached to an aromatic ring is 1. The smallest absolute Gasteiger partial charge is 0.238 e. The van der Waals surface area contributed by atoms with Gasteiger partial charge in [-0.2, -0.15) is 0 Å². The second-order valence-corrected chi connectivity index (χ2v) is 10.5. The Kier molecular flexibility index (Phi) is 16.3. The Morgan fingerprint density at radius 1 is 0.805 bits per heavy atom. The number of hydrogen-bond acceptors (Lipinski definition) is 4. The first-order valence-electron chi connectivity index (χ1n) is 12.8. The molecule has 1 aliphatic heterocycles. The molecule has 0 saturated carbocycles. The van der Waals surface area contributed by atoms with Crippen molar-refractivity contribution in [2.24, 2.45) is 0 Å². The van der Waals surface area contributed by atoms with Crippen molar-refractivity contribution < 1.29 is 13.6 Å². The van der Waals surface area contributed by atoms with Gasteiger partial charge in [0.2, 0.25) is 5.91 Å². The van der Waals surface area contributed by atoms with Crippen LogP contribution in [0.15, 0.2) is 60.7 Å². The molecule has 3 N–H and O–H groups in total. The Morgan fingerprint density at radius 2 is 1.27 bits per heavy atom. The van der Waals surface area contributed by atoms with Crippen molar-refractivity contribution in [3.63, 3.8) is 0 Å². The van der Waals surface area contributed by atoms with Crippen LogP contribution >= 0.6 is 60.4 Å². The molecule has 1 amide bonds. The highest BCUT2D eigenvalue weighted by Crippen LogP contribution is 2.33. The van der Waals surface area contributed by atoms with Crippen LogP contribution in [-0.4, -0.2) is 55.0 Å². The topological polar surface area (TPSA) is 61.6 Å². The monoisotopic (exact) mass is 668 g/mol. The first-order chi connectivity index (χ1) is 18.3. The second-order valence-electron chi connectivity index (χ2n) is 9.68. The third-order valence-electron chi connectivity index (χ3n) is 6.92. The van der Waals surface area contributed by atoms with E-state index in [2.05, 4.69) is 15.1 Å². The molecule has 0 spiro atoms. The zero-order valence-electron chi connectivity index (χ0n) is 22.3. The lowest BCUT2D eigenvalue weighted by atomic mass is 9.87. The molecule has 0 unspecified atom stereocenters. The summed E-state index contributed by atoms with van der Waals surface area (Å²) in [6, 6.07) is 16.3. The number of carbonyl (C=O) groups is 1. The lowest BCUT2D eigenvalue weighted by Gasteiger charge is -2.34. The molecule has 4 rings (SSSR count). The number of anilines is 2. The Balaban J connectivity index is 0.00000280. The van der Waals surface area contributed by atoms with E-state index in [9.17, 15) is 13.6 Å². The highest BCUT2D eigenvalue weighted by Gasteiger charge is 2.20. The minimum atomic E-state index is -0.263. The van der Waals surface area contributed by atoms with E-state index in [4.69, 9.17) is 28.9 Å². The van der Waals surface area contributed by atoms with E-state index in [1.807, 2.05) is 24.3 Å². The number of halogens is 7. The molecule has 0 radical (unpaired) electrons. The van der Waals surface area contributed by atoms with Crippen LogP contribution in [0.3, 0.4) is 0 Å². The van der Waals surface area contributed by atoms with Crippen molar-refractivity contribution in [1.29, 1.82) is 0 Å². The molecule has 0 aromatic heterocycles. The number of benzene rings is 3. The van der Waals surface area contributed by atoms with Gasteiger partial charge < -0.3 is 16.0 Å². The number of amides is 1. The van der Waals surface area contributed by atoms with E-state index < -0.39 is 0 Å². The summed E-state index contributed by atoms with van der Waals surface area (Å²) in [7, 11) is 0. The van der Waals surface area contributed by atoms with E-state index in [0.29, 0.717) is 21.4 Å². The summed E-state index contributed by atoms with van der Waals surface area (Å²) in [5.41, 5.74) is 8.61. The van der Waals surface area contributed by atoms with Crippen molar-refractivity contribution in [2.45, 2.75) is 25.2 Å². The zero-order valence-corrected chi connectivity index (χ0v) is 26.3. The molecule has 3 aromatic rings. The van der Waals surface area contributed by atoms with Gasteiger partial charge in [0.05, 0.1) is 22.3 Å². The maximum absolute atomic E-state index is 13.5. The standard InChI is InChI=1S/C29H32Cl2F2N4O.3ClH/c30-26-17-24(34)18-27(31)29(26)35-28(38)19-37-15-13-36(14-16-37)12-2-1-3-25(20-4-8-22(32)9-5-20)21-6-10-23(33)11-7-21;;;/h4-11,17-18,25H,1-3,12-16,19,34H2,(H,35,38);3*1H. The van der Waals surface area contributed by atoms with Gasteiger partial charge in [-0.3, -0.25) is 9.69 Å². The van der Waals surface area contributed by atoms with Gasteiger partial charge in [-0.1, -0.05) is 53.9 Å². The van der Waals surface area contributed by atoms with E-state index >= 15 is 0 Å². The third kappa shape index (κ3) is 11.1. The average Bonchev–Trinajstić information content (AvgIpc) is 2.89. The highest BCUT2D eigenvalue weighted by atomic mass is 35.5. The van der Waals surface area contributed by atoms with Crippen molar-refractivity contribution >= 4 is 77.7 Å². The normalized spacial score (nSPS) is 13.6. The van der Waals surface area contributed by atoms with Crippen molar-refractivity contribution in [1.82, 2.24) is 9.80 Å². The molecule has 1 heterocycles. The van der Waals surface area contributed by atoms with Crippen LogP contribution in [0.25, 0.3) is 0 Å². The fourth-order valence-electron chi connectivity index (χ4n) is 4.87. The number of nitrogens with zero attached hydrogens (tertiary/aromatic N) is 2. The molecular weight excluding hydrogens is 636 g/mol. The predicted octanol–water partition coefficient (Wildman–Crippen LogP) is 7.68. The molecule has 0 aliphatic carbocycles. The van der Waals surface area contributed by atoms with Crippen LogP contribution in [0.1, 0.15) is 36.3 Å². The summed E-state index contributed by atoms with van der Waals surface area (Å²) in [6.45, 7) is 4.60. The van der Waals surface area contributed by atoms with Crippen molar-refractivity contribution in [3.8, 4) is 0 Å². The van der Waals surface area contributed by atoms with Crippen LogP contribution in [-0.2, 0) is 4.79 Å². The second kappa shape index (κ2) is 18.0. The van der Waals surface area contributed by atoms with E-state index in [1.165, 1.54) is 24.3 Å². The maximum atomic E-state index is 13.5. The number of unbranched alkanes of at least 4 members (excludes halogenated alkanes) is 1. The van der Waals surface area contributed by atoms with Crippen molar-refractivity contribution in [3.05, 3.63) is 93.5 Å². The zero-order chi connectivity index (χ0) is 27.1. The summed E-state index contributed by atoms with van der Waals surface area (Å²) in [5.74, 6) is -0.601. The van der Waals surface area contributed by atoms with E-state index in [-0.39, 0.29) is 67.2 Å². The highest BCUT2D eigenvalue weighted by molar-refractivity contribution is 6.40. The summed E-state index contributed by atoms with van der Waals surface area (Å²) >= 11 is 12.3. The number of hydrogen-bond donors (Lipinski definition) is 2. The van der Waals surface area contributed by atoms with E-state index in [1.54, 1.807) is 12.1 Å². The summed E-state index contributed by atoms with van der Waals surface area (Å²) in [4.78, 5) is 17.1. The van der Waals surface area contributed by atoms with Crippen LogP contribution in [0.2, 0.25) is 10.0 Å². The fourth-order valence-corrected chi connectivity index (χ4v) is 5.46. The SMILES string of the molecule is Cl.Cl.Cl.Nc1cc(Cl)c(NC(=O)CN2CCN(CCCCC(c3ccc(F)cc3)c3ccc(F)cc3)CC2)c(Cl)c1. The van der Waals surface area contributed by atoms with Crippen molar-refractivity contribution in [2.75, 3.05) is 50.3 Å². The van der Waals surface area contributed by atoms with Gasteiger partial charge in [-0.05, 0) is 66.9 Å². The number of carbonyl (C=O) groups excluding carboxylic acids is 1. The Bertz CT molecular complexity index is 1160. The Morgan fingerprint density at radius 3 is 1.76 bits per heavy atom. The fraction of sp³-hybridized carbons (Fsp3) is 0.345. The van der Waals surface area contributed by atoms with Crippen LogP contribution < -0.4 is 11.1 Å². The third-order valence-corrected chi connectivity index (χ3v) is 7.52. The van der Waals surface area contributed by atoms with Gasteiger partial charge in [0.25, 0.3) is 0 Å². The lowest BCUT2D eigenvalue weighted by Crippen LogP contribution is -2.48. The molecular formula is C29H35Cl5F2N4O. The quantitative estimate of drug-likeness (QED) is 0.172. The molecule has 1 aliphatic rings. The van der Waals surface area contributed by atoms with Gasteiger partial charge in [-0.25, -0.2) is 8.78 Å². The van der Waals surface area contributed by atoms with Crippen LogP contribution in [0, 0.1) is 11.6 Å². The van der Waals surface area contributed by atoms with Gasteiger partial charge in [0, 0.05) is 37.8 Å². The molecule has 41 heavy (non-hydrogen) atoms. The summed E-state index contributed by atoms with van der Waals surface area (Å²) in [5, 5.41) is 3.42. The Labute approximate surface area is 269 Å². The first-order valence-corrected chi connectivity index (χ1v) is 13.5. The number of piperazine rings is 1. The van der Waals surface area contributed by atoms with Crippen LogP contribution in [0.5, 0.6) is 0 Å². The summed E-state index contributed by atoms with van der Waals surface area (Å²) in [6.07, 6.45) is 2.91. The molecule has 5 nitrogen and oxygen atoms in total. The van der Waals surface area contributed by atoms with Gasteiger partial charge >= 0.3 is 0 Å².